The van der Waals surface area contributed by atoms with Gasteiger partial charge < -0.3 is 29.0 Å². The Hall–Kier alpha value is -4.11. The second-order valence-electron chi connectivity index (χ2n) is 10.8. The Bertz CT molecular complexity index is 1230. The summed E-state index contributed by atoms with van der Waals surface area (Å²) in [5, 5.41) is 6.55. The van der Waals surface area contributed by atoms with Crippen LogP contribution >= 0.6 is 0 Å². The van der Waals surface area contributed by atoms with Gasteiger partial charge in [0.25, 0.3) is 0 Å². The van der Waals surface area contributed by atoms with Crippen molar-refractivity contribution in [3.63, 3.8) is 0 Å². The molecule has 0 bridgehead atoms. The summed E-state index contributed by atoms with van der Waals surface area (Å²) in [7, 11) is 4.58. The maximum Gasteiger partial charge on any atom is 0.408 e. The van der Waals surface area contributed by atoms with Crippen molar-refractivity contribution >= 4 is 12.1 Å². The fourth-order valence-corrected chi connectivity index (χ4v) is 3.65. The van der Waals surface area contributed by atoms with E-state index in [-0.39, 0.29) is 13.2 Å². The summed E-state index contributed by atoms with van der Waals surface area (Å²) in [6, 6.07) is 8.01. The standard InChI is InChI=1S/C28H38N4O7/c1-27(2,3)25(33)38-16-21(31-26(34)39-28(4,5)6)17-10-11-22(36-8)20(13-17)24-18(15-30-32-29)12-19(35-7)14-23(24)37-9/h10-14,21H,15-16H2,1-9H3,(H,31,34)/t21-/m0/s1. The first-order chi connectivity index (χ1) is 18.2. The molecule has 0 aliphatic carbocycles. The highest BCUT2D eigenvalue weighted by atomic mass is 16.6. The first-order valence-corrected chi connectivity index (χ1v) is 12.3. The molecule has 11 heteroatoms. The third-order valence-corrected chi connectivity index (χ3v) is 5.50. The SMILES string of the molecule is COc1cc(CN=[N+]=[N-])c(-c2cc([C@H](COC(=O)C(C)(C)C)NC(=O)OC(C)(C)C)ccc2OC)c(OC)c1. The zero-order valence-corrected chi connectivity index (χ0v) is 24.1. The second-order valence-corrected chi connectivity index (χ2v) is 10.8. The lowest BCUT2D eigenvalue weighted by Crippen LogP contribution is -2.37. The van der Waals surface area contributed by atoms with Crippen LogP contribution in [0.3, 0.4) is 0 Å². The van der Waals surface area contributed by atoms with Crippen LogP contribution in [0, 0.1) is 5.41 Å². The molecule has 0 aromatic heterocycles. The number of nitrogens with zero attached hydrogens (tertiary/aromatic N) is 3. The van der Waals surface area contributed by atoms with Crippen molar-refractivity contribution in [1.29, 1.82) is 0 Å². The number of hydrogen-bond acceptors (Lipinski definition) is 8. The molecule has 0 aliphatic heterocycles. The van der Waals surface area contributed by atoms with E-state index >= 15 is 0 Å². The Labute approximate surface area is 229 Å². The lowest BCUT2D eigenvalue weighted by molar-refractivity contribution is -0.153. The number of methoxy groups -OCH3 is 3. The van der Waals surface area contributed by atoms with Crippen LogP contribution in [0.1, 0.15) is 58.7 Å². The first kappa shape index (κ1) is 31.1. The van der Waals surface area contributed by atoms with Crippen molar-refractivity contribution in [1.82, 2.24) is 5.32 Å². The molecule has 0 saturated heterocycles. The molecule has 2 aromatic rings. The van der Waals surface area contributed by atoms with Gasteiger partial charge >= 0.3 is 12.1 Å². The molecule has 11 nitrogen and oxygen atoms in total. The molecule has 0 fully saturated rings. The monoisotopic (exact) mass is 542 g/mol. The average molecular weight is 543 g/mol. The maximum absolute atomic E-state index is 12.7. The summed E-state index contributed by atoms with van der Waals surface area (Å²) in [5.74, 6) is 1.07. The first-order valence-electron chi connectivity index (χ1n) is 12.3. The second kappa shape index (κ2) is 13.1. The van der Waals surface area contributed by atoms with Crippen LogP contribution in [0.25, 0.3) is 21.6 Å². The molecule has 0 radical (unpaired) electrons. The van der Waals surface area contributed by atoms with Crippen LogP contribution in [-0.4, -0.2) is 45.6 Å². The highest BCUT2D eigenvalue weighted by Gasteiger charge is 2.28. The molecule has 0 spiro atoms. The number of carbonyl (C=O) groups excluding carboxylic acids is 2. The van der Waals surface area contributed by atoms with Gasteiger partial charge in [0, 0.05) is 22.1 Å². The zero-order chi connectivity index (χ0) is 29.4. The normalized spacial score (nSPS) is 12.0. The number of esters is 1. The number of rotatable bonds is 10. The van der Waals surface area contributed by atoms with Crippen molar-refractivity contribution in [2.75, 3.05) is 27.9 Å². The Balaban J connectivity index is 2.68. The quantitative estimate of drug-likeness (QED) is 0.160. The molecule has 39 heavy (non-hydrogen) atoms. The van der Waals surface area contributed by atoms with E-state index in [2.05, 4.69) is 15.3 Å². The molecule has 2 rings (SSSR count). The van der Waals surface area contributed by atoms with Gasteiger partial charge in [-0.05, 0) is 76.4 Å². The van der Waals surface area contributed by atoms with Gasteiger partial charge in [0.1, 0.15) is 29.5 Å². The van der Waals surface area contributed by atoms with Gasteiger partial charge in [-0.25, -0.2) is 4.79 Å². The summed E-state index contributed by atoms with van der Waals surface area (Å²) >= 11 is 0. The molecular formula is C28H38N4O7. The fraction of sp³-hybridized carbons (Fsp3) is 0.500. The summed E-state index contributed by atoms with van der Waals surface area (Å²) in [6.45, 7) is 10.4. The Kier molecular flexibility index (Phi) is 10.5. The number of ether oxygens (including phenoxy) is 5. The van der Waals surface area contributed by atoms with Crippen LogP contribution in [0.5, 0.6) is 17.2 Å². The summed E-state index contributed by atoms with van der Waals surface area (Å²) in [5.41, 5.74) is 9.98. The van der Waals surface area contributed by atoms with Gasteiger partial charge in [0.2, 0.25) is 0 Å². The smallest absolute Gasteiger partial charge is 0.408 e. The Morgan fingerprint density at radius 3 is 2.18 bits per heavy atom. The molecule has 0 unspecified atom stereocenters. The minimum Gasteiger partial charge on any atom is -0.497 e. The Morgan fingerprint density at radius 1 is 0.974 bits per heavy atom. The molecule has 212 valence electrons. The van der Waals surface area contributed by atoms with Crippen molar-refractivity contribution in [3.8, 4) is 28.4 Å². The third-order valence-electron chi connectivity index (χ3n) is 5.50. The van der Waals surface area contributed by atoms with Gasteiger partial charge in [-0.1, -0.05) is 11.2 Å². The van der Waals surface area contributed by atoms with Gasteiger partial charge in [-0.15, -0.1) is 0 Å². The lowest BCUT2D eigenvalue weighted by Gasteiger charge is -2.26. The number of alkyl carbamates (subject to hydrolysis) is 1. The third kappa shape index (κ3) is 8.71. The van der Waals surface area contributed by atoms with E-state index in [4.69, 9.17) is 29.2 Å². The highest BCUT2D eigenvalue weighted by Crippen LogP contribution is 2.43. The van der Waals surface area contributed by atoms with E-state index < -0.39 is 29.1 Å². The molecule has 0 saturated carbocycles. The summed E-state index contributed by atoms with van der Waals surface area (Å²) < 4.78 is 27.7. The summed E-state index contributed by atoms with van der Waals surface area (Å²) in [4.78, 5) is 28.2. The zero-order valence-electron chi connectivity index (χ0n) is 24.1. The molecule has 1 atom stereocenters. The fourth-order valence-electron chi connectivity index (χ4n) is 3.65. The summed E-state index contributed by atoms with van der Waals surface area (Å²) in [6.07, 6.45) is -0.664. The number of benzene rings is 2. The molecule has 2 aromatic carbocycles. The van der Waals surface area contributed by atoms with E-state index in [0.29, 0.717) is 39.5 Å². The van der Waals surface area contributed by atoms with Gasteiger partial charge in [0.05, 0.1) is 39.3 Å². The minimum absolute atomic E-state index is 0.0234. The van der Waals surface area contributed by atoms with E-state index in [1.54, 1.807) is 71.9 Å². The van der Waals surface area contributed by atoms with Crippen LogP contribution in [-0.2, 0) is 20.8 Å². The number of azide groups is 1. The number of carbonyl (C=O) groups is 2. The predicted octanol–water partition coefficient (Wildman–Crippen LogP) is 6.34. The van der Waals surface area contributed by atoms with Crippen molar-refractivity contribution in [2.45, 2.75) is 59.7 Å². The minimum atomic E-state index is -0.749. The number of nitrogens with one attached hydrogen (secondary N) is 1. The van der Waals surface area contributed by atoms with E-state index in [1.165, 1.54) is 21.3 Å². The van der Waals surface area contributed by atoms with Gasteiger partial charge in [-0.3, -0.25) is 4.79 Å². The largest absolute Gasteiger partial charge is 0.497 e. The molecule has 0 aliphatic rings. The van der Waals surface area contributed by atoms with Crippen molar-refractivity contribution < 1.29 is 33.3 Å². The number of hydrogen-bond donors (Lipinski definition) is 1. The number of amides is 1. The lowest BCUT2D eigenvalue weighted by atomic mass is 9.93. The van der Waals surface area contributed by atoms with Crippen LogP contribution in [0.4, 0.5) is 4.79 Å². The van der Waals surface area contributed by atoms with E-state index in [1.807, 2.05) is 0 Å². The van der Waals surface area contributed by atoms with Crippen LogP contribution in [0.2, 0.25) is 0 Å². The maximum atomic E-state index is 12.7. The average Bonchev–Trinajstić information content (AvgIpc) is 2.86. The predicted molar refractivity (Wildman–Crippen MR) is 147 cm³/mol. The van der Waals surface area contributed by atoms with Crippen LogP contribution in [0.15, 0.2) is 35.4 Å². The van der Waals surface area contributed by atoms with Crippen molar-refractivity contribution in [2.24, 2.45) is 10.5 Å². The molecule has 0 heterocycles. The molecular weight excluding hydrogens is 504 g/mol. The molecule has 1 N–H and O–H groups in total. The highest BCUT2D eigenvalue weighted by molar-refractivity contribution is 5.81. The van der Waals surface area contributed by atoms with Crippen molar-refractivity contribution in [3.05, 3.63) is 51.9 Å². The Morgan fingerprint density at radius 2 is 1.64 bits per heavy atom. The molecule has 1 amide bonds. The van der Waals surface area contributed by atoms with Gasteiger partial charge in [0.15, 0.2) is 0 Å². The topological polar surface area (TPSA) is 141 Å². The van der Waals surface area contributed by atoms with E-state index in [0.717, 1.165) is 0 Å². The van der Waals surface area contributed by atoms with Crippen LogP contribution < -0.4 is 19.5 Å². The van der Waals surface area contributed by atoms with E-state index in [9.17, 15) is 9.59 Å². The van der Waals surface area contributed by atoms with Gasteiger partial charge in [-0.2, -0.15) is 0 Å².